The molecule has 108 valence electrons. The predicted octanol–water partition coefficient (Wildman–Crippen LogP) is 6.17. The molecule has 1 aliphatic carbocycles. The highest BCUT2D eigenvalue weighted by Crippen LogP contribution is 2.49. The number of benzene rings is 1. The molecule has 21 heavy (non-hydrogen) atoms. The first-order valence-electron chi connectivity index (χ1n) is 7.45. The van der Waals surface area contributed by atoms with Crippen molar-refractivity contribution in [1.82, 2.24) is 0 Å². The van der Waals surface area contributed by atoms with Crippen molar-refractivity contribution in [1.29, 1.82) is 0 Å². The van der Waals surface area contributed by atoms with Gasteiger partial charge >= 0.3 is 0 Å². The summed E-state index contributed by atoms with van der Waals surface area (Å²) in [5, 5.41) is 0. The normalized spacial score (nSPS) is 16.8. The summed E-state index contributed by atoms with van der Waals surface area (Å²) in [5.74, 6) is 0. The van der Waals surface area contributed by atoms with Gasteiger partial charge in [0.1, 0.15) is 0 Å². The standard InChI is InChI=1S/C21H24/c1-7-11-16-15(9-3)13-14-19-20(16)17(12-8-2)18(10-4)21(19,5)6/h7-14H,3-4H2,1-2,5-6H3/b11-7-,12-8-. The Balaban J connectivity index is 2.94. The molecule has 0 spiro atoms. The topological polar surface area (TPSA) is 0 Å². The molecule has 0 saturated heterocycles. The summed E-state index contributed by atoms with van der Waals surface area (Å²) in [7, 11) is 0. The van der Waals surface area contributed by atoms with E-state index in [1.807, 2.05) is 12.2 Å². The minimum atomic E-state index is -0.0119. The molecule has 1 aromatic rings. The fourth-order valence-corrected chi connectivity index (χ4v) is 3.29. The minimum absolute atomic E-state index is 0.0119. The molecule has 0 atom stereocenters. The van der Waals surface area contributed by atoms with Crippen LogP contribution in [0.4, 0.5) is 0 Å². The lowest BCUT2D eigenvalue weighted by molar-refractivity contribution is 0.654. The zero-order valence-corrected chi connectivity index (χ0v) is 13.5. The number of hydrogen-bond donors (Lipinski definition) is 0. The van der Waals surface area contributed by atoms with Crippen LogP contribution in [-0.4, -0.2) is 0 Å². The van der Waals surface area contributed by atoms with E-state index < -0.39 is 0 Å². The van der Waals surface area contributed by atoms with E-state index in [4.69, 9.17) is 0 Å². The first kappa shape index (κ1) is 15.3. The molecular formula is C21H24. The van der Waals surface area contributed by atoms with Crippen LogP contribution in [0, 0.1) is 0 Å². The highest BCUT2D eigenvalue weighted by atomic mass is 14.4. The van der Waals surface area contributed by atoms with Crippen molar-refractivity contribution in [2.45, 2.75) is 33.1 Å². The molecular weight excluding hydrogens is 252 g/mol. The van der Waals surface area contributed by atoms with E-state index in [2.05, 4.69) is 77.3 Å². The molecule has 0 heterocycles. The molecule has 0 amide bonds. The average Bonchev–Trinajstić information content (AvgIpc) is 2.67. The molecule has 0 aromatic heterocycles. The molecule has 0 fully saturated rings. The molecule has 0 heteroatoms. The van der Waals surface area contributed by atoms with E-state index in [1.54, 1.807) is 0 Å². The number of hydrogen-bond acceptors (Lipinski definition) is 0. The highest BCUT2D eigenvalue weighted by molar-refractivity contribution is 5.93. The number of rotatable bonds is 4. The monoisotopic (exact) mass is 276 g/mol. The third-order valence-corrected chi connectivity index (χ3v) is 4.28. The van der Waals surface area contributed by atoms with Gasteiger partial charge in [-0.15, -0.1) is 0 Å². The second-order valence-corrected chi connectivity index (χ2v) is 5.85. The van der Waals surface area contributed by atoms with Gasteiger partial charge in [-0.3, -0.25) is 0 Å². The van der Waals surface area contributed by atoms with E-state index in [0.717, 1.165) is 0 Å². The van der Waals surface area contributed by atoms with Gasteiger partial charge in [-0.25, -0.2) is 0 Å². The van der Waals surface area contributed by atoms with Crippen LogP contribution in [0.15, 0.2) is 55.2 Å². The maximum atomic E-state index is 4.04. The summed E-state index contributed by atoms with van der Waals surface area (Å²) >= 11 is 0. The third-order valence-electron chi connectivity index (χ3n) is 4.28. The summed E-state index contributed by atoms with van der Waals surface area (Å²) in [4.78, 5) is 0. The van der Waals surface area contributed by atoms with Gasteiger partial charge in [0.2, 0.25) is 0 Å². The van der Waals surface area contributed by atoms with Crippen LogP contribution in [0.3, 0.4) is 0 Å². The Hall–Kier alpha value is -2.08. The van der Waals surface area contributed by atoms with Gasteiger partial charge in [0.05, 0.1) is 0 Å². The second kappa shape index (κ2) is 5.73. The van der Waals surface area contributed by atoms with Crippen molar-refractivity contribution in [2.24, 2.45) is 0 Å². The molecule has 0 bridgehead atoms. The van der Waals surface area contributed by atoms with Gasteiger partial charge in [0.25, 0.3) is 0 Å². The number of allylic oxidation sites excluding steroid dienone is 6. The van der Waals surface area contributed by atoms with Gasteiger partial charge in [-0.1, -0.05) is 75.6 Å². The van der Waals surface area contributed by atoms with Crippen molar-refractivity contribution in [3.05, 3.63) is 77.4 Å². The molecule has 1 aliphatic rings. The fraction of sp³-hybridized carbons (Fsp3) is 0.238. The van der Waals surface area contributed by atoms with Crippen LogP contribution in [0.1, 0.15) is 49.9 Å². The Kier molecular flexibility index (Phi) is 4.18. The van der Waals surface area contributed by atoms with Crippen molar-refractivity contribution in [2.75, 3.05) is 0 Å². The lowest BCUT2D eigenvalue weighted by Crippen LogP contribution is -2.16. The van der Waals surface area contributed by atoms with Crippen LogP contribution in [0.25, 0.3) is 17.7 Å². The van der Waals surface area contributed by atoms with Crippen LogP contribution >= 0.6 is 0 Å². The SMILES string of the molecule is C=CC1=C(/C=C\C)c2c(ccc(C=C)c2/C=C\C)C1(C)C. The van der Waals surface area contributed by atoms with Gasteiger partial charge in [0.15, 0.2) is 0 Å². The summed E-state index contributed by atoms with van der Waals surface area (Å²) in [6, 6.07) is 4.40. The fourth-order valence-electron chi connectivity index (χ4n) is 3.29. The lowest BCUT2D eigenvalue weighted by atomic mass is 9.80. The molecule has 0 N–H and O–H groups in total. The first-order valence-corrected chi connectivity index (χ1v) is 7.45. The highest BCUT2D eigenvalue weighted by Gasteiger charge is 2.36. The molecule has 0 unspecified atom stereocenters. The minimum Gasteiger partial charge on any atom is -0.0987 e. The van der Waals surface area contributed by atoms with Crippen molar-refractivity contribution in [3.8, 4) is 0 Å². The molecule has 0 nitrogen and oxygen atoms in total. The largest absolute Gasteiger partial charge is 0.0987 e. The molecule has 0 radical (unpaired) electrons. The van der Waals surface area contributed by atoms with E-state index in [-0.39, 0.29) is 5.41 Å². The van der Waals surface area contributed by atoms with Crippen LogP contribution in [0.2, 0.25) is 0 Å². The zero-order chi connectivity index (χ0) is 15.6. The van der Waals surface area contributed by atoms with E-state index in [0.29, 0.717) is 0 Å². The summed E-state index contributed by atoms with van der Waals surface area (Å²) in [6.07, 6.45) is 12.5. The lowest BCUT2D eigenvalue weighted by Gasteiger charge is -2.23. The predicted molar refractivity (Wildman–Crippen MR) is 96.2 cm³/mol. The smallest absolute Gasteiger partial charge is 0.0158 e. The van der Waals surface area contributed by atoms with E-state index >= 15 is 0 Å². The van der Waals surface area contributed by atoms with Crippen LogP contribution < -0.4 is 0 Å². The van der Waals surface area contributed by atoms with Crippen LogP contribution in [0.5, 0.6) is 0 Å². The van der Waals surface area contributed by atoms with E-state index in [9.17, 15) is 0 Å². The summed E-state index contributed by atoms with van der Waals surface area (Å²) in [5.41, 5.74) is 7.68. The molecule has 1 aromatic carbocycles. The van der Waals surface area contributed by atoms with Gasteiger partial charge in [0, 0.05) is 5.41 Å². The van der Waals surface area contributed by atoms with Crippen molar-refractivity contribution >= 4 is 17.7 Å². The Bertz CT molecular complexity index is 676. The average molecular weight is 276 g/mol. The van der Waals surface area contributed by atoms with Crippen molar-refractivity contribution in [3.63, 3.8) is 0 Å². The van der Waals surface area contributed by atoms with Gasteiger partial charge in [-0.05, 0) is 47.2 Å². The third kappa shape index (κ3) is 2.25. The van der Waals surface area contributed by atoms with E-state index in [1.165, 1.54) is 33.4 Å². The van der Waals surface area contributed by atoms with Crippen molar-refractivity contribution < 1.29 is 0 Å². The Morgan fingerprint density at radius 3 is 2.14 bits per heavy atom. The quantitative estimate of drug-likeness (QED) is 0.617. The van der Waals surface area contributed by atoms with Gasteiger partial charge < -0.3 is 0 Å². The second-order valence-electron chi connectivity index (χ2n) is 5.85. The summed E-state index contributed by atoms with van der Waals surface area (Å²) < 4.78 is 0. The van der Waals surface area contributed by atoms with Gasteiger partial charge in [-0.2, -0.15) is 0 Å². The number of fused-ring (bicyclic) bond motifs is 1. The molecule has 2 rings (SSSR count). The zero-order valence-electron chi connectivity index (χ0n) is 13.5. The maximum Gasteiger partial charge on any atom is 0.0158 e. The molecule has 0 saturated carbocycles. The Morgan fingerprint density at radius 1 is 0.952 bits per heavy atom. The maximum absolute atomic E-state index is 4.04. The Morgan fingerprint density at radius 2 is 1.62 bits per heavy atom. The van der Waals surface area contributed by atoms with Crippen LogP contribution in [-0.2, 0) is 5.41 Å². The Labute approximate surface area is 128 Å². The summed E-state index contributed by atoms with van der Waals surface area (Å²) in [6.45, 7) is 16.7. The molecule has 0 aliphatic heterocycles. The first-order chi connectivity index (χ1) is 10.0.